The molecule has 8 heteroatoms. The van der Waals surface area contributed by atoms with Crippen LogP contribution in [0.4, 0.5) is 5.82 Å². The molecule has 3 aromatic rings. The van der Waals surface area contributed by atoms with E-state index in [0.29, 0.717) is 34.8 Å². The number of hydrogen-bond donors (Lipinski definition) is 4. The van der Waals surface area contributed by atoms with Gasteiger partial charge in [0.2, 0.25) is 5.88 Å². The molecule has 0 unspecified atom stereocenters. The van der Waals surface area contributed by atoms with Crippen molar-refractivity contribution >= 4 is 22.8 Å². The molecule has 32 heavy (non-hydrogen) atoms. The zero-order valence-corrected chi connectivity index (χ0v) is 19.1. The highest BCUT2D eigenvalue weighted by Gasteiger charge is 2.29. The maximum absolute atomic E-state index is 12.3. The summed E-state index contributed by atoms with van der Waals surface area (Å²) in [5, 5.41) is 14.3. The van der Waals surface area contributed by atoms with E-state index in [9.17, 15) is 9.90 Å². The van der Waals surface area contributed by atoms with Crippen LogP contribution in [0.15, 0.2) is 18.2 Å². The zero-order chi connectivity index (χ0) is 23.2. The standard InChI is InChI=1S/C24H31N5O3/c1-13-5-6-17(30)15(3)19(13)29-20(25)18(21(26)31)16-11-14(2)23(28-22(16)29)32-12-24(4)7-9-27-10-8-24/h5-6,11,27,30H,7-10,12,25H2,1-4H3,(H2,26,31). The number of carbonyl (C=O) groups is 1. The van der Waals surface area contributed by atoms with Crippen molar-refractivity contribution < 1.29 is 14.6 Å². The summed E-state index contributed by atoms with van der Waals surface area (Å²) in [6.45, 7) is 10.3. The largest absolute Gasteiger partial charge is 0.508 e. The van der Waals surface area contributed by atoms with Crippen molar-refractivity contribution in [2.45, 2.75) is 40.5 Å². The molecule has 1 amide bonds. The second-order valence-corrected chi connectivity index (χ2v) is 9.17. The van der Waals surface area contributed by atoms with E-state index >= 15 is 0 Å². The van der Waals surface area contributed by atoms with E-state index < -0.39 is 5.91 Å². The maximum Gasteiger partial charge on any atom is 0.253 e. The summed E-state index contributed by atoms with van der Waals surface area (Å²) in [7, 11) is 0. The van der Waals surface area contributed by atoms with Gasteiger partial charge in [-0.25, -0.2) is 0 Å². The summed E-state index contributed by atoms with van der Waals surface area (Å²) >= 11 is 0. The number of phenolic OH excluding ortho intramolecular Hbond substituents is 1. The minimum Gasteiger partial charge on any atom is -0.508 e. The molecule has 2 aromatic heterocycles. The maximum atomic E-state index is 12.3. The number of benzene rings is 1. The van der Waals surface area contributed by atoms with Gasteiger partial charge in [-0.15, -0.1) is 0 Å². The lowest BCUT2D eigenvalue weighted by Crippen LogP contribution is -2.38. The molecule has 3 heterocycles. The number of pyridine rings is 1. The number of aromatic nitrogens is 2. The number of piperidine rings is 1. The predicted molar refractivity (Wildman–Crippen MR) is 126 cm³/mol. The summed E-state index contributed by atoms with van der Waals surface area (Å²) < 4.78 is 7.91. The fraction of sp³-hybridized carbons (Fsp3) is 0.417. The first-order valence-electron chi connectivity index (χ1n) is 10.9. The van der Waals surface area contributed by atoms with Gasteiger partial charge >= 0.3 is 0 Å². The van der Waals surface area contributed by atoms with Crippen LogP contribution in [0.1, 0.15) is 46.8 Å². The van der Waals surface area contributed by atoms with Crippen molar-refractivity contribution in [2.75, 3.05) is 25.4 Å². The smallest absolute Gasteiger partial charge is 0.253 e. The van der Waals surface area contributed by atoms with E-state index in [1.54, 1.807) is 23.6 Å². The number of rotatable bonds is 5. The van der Waals surface area contributed by atoms with Gasteiger partial charge < -0.3 is 26.6 Å². The average molecular weight is 438 g/mol. The lowest BCUT2D eigenvalue weighted by molar-refractivity contribution is 0.100. The molecule has 8 nitrogen and oxygen atoms in total. The number of amides is 1. The Morgan fingerprint density at radius 1 is 1.25 bits per heavy atom. The molecule has 6 N–H and O–H groups in total. The summed E-state index contributed by atoms with van der Waals surface area (Å²) in [6.07, 6.45) is 2.07. The second kappa shape index (κ2) is 8.02. The summed E-state index contributed by atoms with van der Waals surface area (Å²) in [5.41, 5.74) is 15.9. The molecule has 0 bridgehead atoms. The van der Waals surface area contributed by atoms with Crippen molar-refractivity contribution in [1.29, 1.82) is 0 Å². The number of carbonyl (C=O) groups excluding carboxylic acids is 1. The molecule has 0 radical (unpaired) electrons. The first kappa shape index (κ1) is 22.0. The normalized spacial score (nSPS) is 15.8. The number of phenols is 1. The monoisotopic (exact) mass is 437 g/mol. The van der Waals surface area contributed by atoms with Crippen LogP contribution in [0.2, 0.25) is 0 Å². The minimum atomic E-state index is -0.626. The Labute approximate surface area is 187 Å². The van der Waals surface area contributed by atoms with Gasteiger partial charge in [-0.05, 0) is 64.4 Å². The Morgan fingerprint density at radius 3 is 2.59 bits per heavy atom. The van der Waals surface area contributed by atoms with E-state index in [-0.39, 0.29) is 22.5 Å². The SMILES string of the molecule is Cc1cc2c(C(N)=O)c(N)n(-c3c(C)ccc(O)c3C)c2nc1OCC1(C)CCNCC1. The van der Waals surface area contributed by atoms with Crippen molar-refractivity contribution in [1.82, 2.24) is 14.9 Å². The molecule has 1 fully saturated rings. The third-order valence-corrected chi connectivity index (χ3v) is 6.57. The van der Waals surface area contributed by atoms with Crippen LogP contribution in [0, 0.1) is 26.2 Å². The number of fused-ring (bicyclic) bond motifs is 1. The number of nitrogens with two attached hydrogens (primary N) is 2. The Kier molecular flexibility index (Phi) is 5.50. The van der Waals surface area contributed by atoms with Gasteiger partial charge in [0, 0.05) is 21.9 Å². The molecule has 1 aliphatic rings. The molecule has 4 rings (SSSR count). The molecule has 0 saturated carbocycles. The molecular weight excluding hydrogens is 406 g/mol. The van der Waals surface area contributed by atoms with Gasteiger partial charge in [0.05, 0.1) is 17.9 Å². The van der Waals surface area contributed by atoms with Crippen molar-refractivity contribution in [2.24, 2.45) is 11.1 Å². The van der Waals surface area contributed by atoms with Crippen molar-refractivity contribution in [3.63, 3.8) is 0 Å². The lowest BCUT2D eigenvalue weighted by atomic mass is 9.82. The van der Waals surface area contributed by atoms with Crippen LogP contribution in [0.5, 0.6) is 11.6 Å². The number of hydrogen-bond acceptors (Lipinski definition) is 6. The Bertz CT molecular complexity index is 1210. The van der Waals surface area contributed by atoms with Crippen LogP contribution >= 0.6 is 0 Å². The number of anilines is 1. The summed E-state index contributed by atoms with van der Waals surface area (Å²) in [4.78, 5) is 17.1. The Morgan fingerprint density at radius 2 is 1.94 bits per heavy atom. The van der Waals surface area contributed by atoms with E-state index in [4.69, 9.17) is 21.2 Å². The van der Waals surface area contributed by atoms with E-state index in [0.717, 1.165) is 37.1 Å². The third kappa shape index (κ3) is 3.64. The van der Waals surface area contributed by atoms with Gasteiger partial charge in [-0.3, -0.25) is 9.36 Å². The molecule has 1 aliphatic heterocycles. The Hall–Kier alpha value is -3.26. The Balaban J connectivity index is 1.89. The van der Waals surface area contributed by atoms with E-state index in [1.807, 2.05) is 19.9 Å². The van der Waals surface area contributed by atoms with Crippen LogP contribution in [-0.4, -0.2) is 40.3 Å². The fourth-order valence-electron chi connectivity index (χ4n) is 4.52. The van der Waals surface area contributed by atoms with Gasteiger partial charge in [0.1, 0.15) is 11.6 Å². The average Bonchev–Trinajstić information content (AvgIpc) is 3.01. The summed E-state index contributed by atoms with van der Waals surface area (Å²) in [6, 6.07) is 5.29. The second-order valence-electron chi connectivity index (χ2n) is 9.17. The first-order valence-corrected chi connectivity index (χ1v) is 10.9. The number of aryl methyl sites for hydroxylation is 2. The number of nitrogens with zero attached hydrogens (tertiary/aromatic N) is 2. The van der Waals surface area contributed by atoms with Gasteiger partial charge in [-0.2, -0.15) is 4.98 Å². The highest BCUT2D eigenvalue weighted by molar-refractivity contribution is 6.11. The molecule has 170 valence electrons. The van der Waals surface area contributed by atoms with Gasteiger partial charge in [0.25, 0.3) is 5.91 Å². The molecule has 0 spiro atoms. The zero-order valence-electron chi connectivity index (χ0n) is 19.1. The van der Waals surface area contributed by atoms with E-state index in [1.165, 1.54) is 0 Å². The van der Waals surface area contributed by atoms with Crippen LogP contribution in [-0.2, 0) is 0 Å². The molecule has 1 saturated heterocycles. The highest BCUT2D eigenvalue weighted by Crippen LogP contribution is 2.37. The number of ether oxygens (including phenoxy) is 1. The fourth-order valence-corrected chi connectivity index (χ4v) is 4.52. The predicted octanol–water partition coefficient (Wildman–Crippen LogP) is 3.11. The molecule has 1 aromatic carbocycles. The van der Waals surface area contributed by atoms with Gasteiger partial charge in [0.15, 0.2) is 5.65 Å². The molecular formula is C24H31N5O3. The third-order valence-electron chi connectivity index (χ3n) is 6.57. The topological polar surface area (TPSA) is 128 Å². The number of nitrogen functional groups attached to an aromatic ring is 1. The summed E-state index contributed by atoms with van der Waals surface area (Å²) in [5.74, 6) is 0.204. The quantitative estimate of drug-likeness (QED) is 0.485. The van der Waals surface area contributed by atoms with Crippen molar-refractivity contribution in [3.05, 3.63) is 40.5 Å². The van der Waals surface area contributed by atoms with Crippen LogP contribution in [0.3, 0.4) is 0 Å². The van der Waals surface area contributed by atoms with Crippen LogP contribution < -0.4 is 21.5 Å². The van der Waals surface area contributed by atoms with Crippen molar-refractivity contribution in [3.8, 4) is 17.3 Å². The highest BCUT2D eigenvalue weighted by atomic mass is 16.5. The van der Waals surface area contributed by atoms with Gasteiger partial charge in [-0.1, -0.05) is 13.0 Å². The minimum absolute atomic E-state index is 0.0755. The van der Waals surface area contributed by atoms with Crippen LogP contribution in [0.25, 0.3) is 16.7 Å². The number of nitrogens with one attached hydrogen (secondary N) is 1. The van der Waals surface area contributed by atoms with E-state index in [2.05, 4.69) is 12.2 Å². The number of primary amides is 1. The number of aromatic hydroxyl groups is 1. The lowest BCUT2D eigenvalue weighted by Gasteiger charge is -2.33. The molecule has 0 aliphatic carbocycles. The molecule has 0 atom stereocenters. The first-order chi connectivity index (χ1) is 15.1.